The molecule has 1 heterocycles. The molecule has 4 nitrogen and oxygen atoms in total. The minimum atomic E-state index is 0.497. The van der Waals surface area contributed by atoms with Gasteiger partial charge in [0.05, 0.1) is 24.4 Å². The number of rotatable bonds is 6. The second-order valence-electron chi connectivity index (χ2n) is 6.54. The lowest BCUT2D eigenvalue weighted by atomic mass is 10.1. The summed E-state index contributed by atoms with van der Waals surface area (Å²) in [6, 6.07) is 14.0. The van der Waals surface area contributed by atoms with Crippen LogP contribution in [0.1, 0.15) is 13.8 Å². The van der Waals surface area contributed by atoms with Gasteiger partial charge in [-0.2, -0.15) is 0 Å². The van der Waals surface area contributed by atoms with Crippen LogP contribution >= 0.6 is 27.3 Å². The predicted octanol–water partition coefficient (Wildman–Crippen LogP) is 5.88. The van der Waals surface area contributed by atoms with Gasteiger partial charge in [-0.1, -0.05) is 26.0 Å². The maximum atomic E-state index is 5.45. The number of halogens is 1. The summed E-state index contributed by atoms with van der Waals surface area (Å²) in [6.07, 6.45) is 0. The lowest BCUT2D eigenvalue weighted by Gasteiger charge is -2.13. The van der Waals surface area contributed by atoms with Crippen LogP contribution in [-0.2, 0) is 6.54 Å². The molecular formula is C21H23BrN2O2S. The largest absolute Gasteiger partial charge is 0.496 e. The van der Waals surface area contributed by atoms with E-state index in [0.717, 1.165) is 44.3 Å². The van der Waals surface area contributed by atoms with Gasteiger partial charge in [0.25, 0.3) is 0 Å². The van der Waals surface area contributed by atoms with Crippen LogP contribution < -0.4 is 14.3 Å². The zero-order chi connectivity index (χ0) is 19.4. The van der Waals surface area contributed by atoms with E-state index in [-0.39, 0.29) is 0 Å². The molecule has 3 aromatic rings. The molecule has 2 aromatic carbocycles. The lowest BCUT2D eigenvalue weighted by Crippen LogP contribution is -2.19. The third kappa shape index (κ3) is 4.45. The molecule has 142 valence electrons. The number of thiazole rings is 1. The number of ether oxygens (including phenoxy) is 2. The molecule has 0 spiro atoms. The number of para-hydroxylation sites is 2. The fraction of sp³-hybridized carbons (Fsp3) is 0.286. The Balaban J connectivity index is 2.14. The van der Waals surface area contributed by atoms with Crippen LogP contribution in [0.25, 0.3) is 11.3 Å². The maximum absolute atomic E-state index is 5.45. The Morgan fingerprint density at radius 1 is 1.07 bits per heavy atom. The number of benzene rings is 2. The molecule has 1 aromatic heterocycles. The van der Waals surface area contributed by atoms with Gasteiger partial charge < -0.3 is 14.0 Å². The highest BCUT2D eigenvalue weighted by Gasteiger charge is 2.12. The van der Waals surface area contributed by atoms with Crippen LogP contribution in [0.2, 0.25) is 0 Å². The monoisotopic (exact) mass is 446 g/mol. The zero-order valence-electron chi connectivity index (χ0n) is 15.9. The van der Waals surface area contributed by atoms with E-state index in [9.17, 15) is 0 Å². The van der Waals surface area contributed by atoms with E-state index in [0.29, 0.717) is 5.92 Å². The van der Waals surface area contributed by atoms with Crippen molar-refractivity contribution in [2.45, 2.75) is 20.4 Å². The molecule has 0 unspecified atom stereocenters. The van der Waals surface area contributed by atoms with Crippen molar-refractivity contribution in [3.63, 3.8) is 0 Å². The van der Waals surface area contributed by atoms with Crippen LogP contribution in [0.5, 0.6) is 11.5 Å². The third-order valence-electron chi connectivity index (χ3n) is 4.09. The molecular weight excluding hydrogens is 424 g/mol. The van der Waals surface area contributed by atoms with Crippen molar-refractivity contribution in [3.05, 3.63) is 57.1 Å². The first-order valence-corrected chi connectivity index (χ1v) is 10.4. The van der Waals surface area contributed by atoms with Crippen molar-refractivity contribution in [1.82, 2.24) is 4.57 Å². The van der Waals surface area contributed by atoms with Crippen molar-refractivity contribution < 1.29 is 9.47 Å². The van der Waals surface area contributed by atoms with Gasteiger partial charge in [-0.15, -0.1) is 11.3 Å². The van der Waals surface area contributed by atoms with Crippen LogP contribution in [0.15, 0.2) is 57.3 Å². The highest BCUT2D eigenvalue weighted by atomic mass is 79.9. The Hall–Kier alpha value is -2.05. The van der Waals surface area contributed by atoms with E-state index in [1.54, 1.807) is 25.6 Å². The second kappa shape index (κ2) is 8.76. The van der Waals surface area contributed by atoms with Crippen molar-refractivity contribution in [2.24, 2.45) is 10.9 Å². The van der Waals surface area contributed by atoms with E-state index < -0.39 is 0 Å². The Kier molecular flexibility index (Phi) is 6.39. The molecule has 0 saturated heterocycles. The number of hydrogen-bond acceptors (Lipinski definition) is 4. The normalized spacial score (nSPS) is 11.9. The molecule has 0 aliphatic rings. The van der Waals surface area contributed by atoms with Gasteiger partial charge in [-0.25, -0.2) is 4.99 Å². The van der Waals surface area contributed by atoms with E-state index in [1.807, 2.05) is 30.3 Å². The Labute approximate surface area is 172 Å². The number of aromatic nitrogens is 1. The third-order valence-corrected chi connectivity index (χ3v) is 5.58. The van der Waals surface area contributed by atoms with Crippen LogP contribution in [0.4, 0.5) is 5.69 Å². The number of nitrogens with zero attached hydrogens (tertiary/aromatic N) is 2. The molecule has 0 radical (unpaired) electrons. The molecule has 0 atom stereocenters. The van der Waals surface area contributed by atoms with Crippen LogP contribution in [0, 0.1) is 5.92 Å². The summed E-state index contributed by atoms with van der Waals surface area (Å²) in [5, 5.41) is 2.16. The summed E-state index contributed by atoms with van der Waals surface area (Å²) in [6.45, 7) is 5.31. The van der Waals surface area contributed by atoms with E-state index >= 15 is 0 Å². The Bertz CT molecular complexity index is 992. The summed E-state index contributed by atoms with van der Waals surface area (Å²) in [5.41, 5.74) is 3.11. The van der Waals surface area contributed by atoms with Crippen molar-refractivity contribution >= 4 is 33.0 Å². The summed E-state index contributed by atoms with van der Waals surface area (Å²) in [4.78, 5) is 5.84. The van der Waals surface area contributed by atoms with E-state index in [4.69, 9.17) is 14.5 Å². The number of methoxy groups -OCH3 is 2. The number of hydrogen-bond donors (Lipinski definition) is 0. The molecule has 0 amide bonds. The first-order valence-electron chi connectivity index (χ1n) is 8.73. The van der Waals surface area contributed by atoms with Gasteiger partial charge in [-0.05, 0) is 52.2 Å². The molecule has 0 bridgehead atoms. The first kappa shape index (κ1) is 19.7. The minimum Gasteiger partial charge on any atom is -0.496 e. The minimum absolute atomic E-state index is 0.497. The highest BCUT2D eigenvalue weighted by Crippen LogP contribution is 2.31. The van der Waals surface area contributed by atoms with Gasteiger partial charge in [0.2, 0.25) is 0 Å². The van der Waals surface area contributed by atoms with Gasteiger partial charge in [0, 0.05) is 17.5 Å². The second-order valence-corrected chi connectivity index (χ2v) is 8.23. The molecule has 0 saturated carbocycles. The molecule has 0 aliphatic heterocycles. The summed E-state index contributed by atoms with van der Waals surface area (Å²) in [7, 11) is 3.35. The van der Waals surface area contributed by atoms with Gasteiger partial charge >= 0.3 is 0 Å². The average Bonchev–Trinajstić information content (AvgIpc) is 3.03. The summed E-state index contributed by atoms with van der Waals surface area (Å²) >= 11 is 5.23. The first-order chi connectivity index (χ1) is 13.0. The molecule has 0 fully saturated rings. The maximum Gasteiger partial charge on any atom is 0.190 e. The SMILES string of the molecule is COc1ccc(-c2csc(=Nc3ccccc3OC)n2CC(C)C)cc1Br. The Morgan fingerprint density at radius 2 is 1.81 bits per heavy atom. The topological polar surface area (TPSA) is 35.8 Å². The van der Waals surface area contributed by atoms with Crippen molar-refractivity contribution in [2.75, 3.05) is 14.2 Å². The quantitative estimate of drug-likeness (QED) is 0.473. The van der Waals surface area contributed by atoms with Crippen molar-refractivity contribution in [3.8, 4) is 22.8 Å². The molecule has 3 rings (SSSR count). The highest BCUT2D eigenvalue weighted by molar-refractivity contribution is 9.10. The fourth-order valence-electron chi connectivity index (χ4n) is 2.84. The zero-order valence-corrected chi connectivity index (χ0v) is 18.3. The Morgan fingerprint density at radius 3 is 2.48 bits per heavy atom. The van der Waals surface area contributed by atoms with Crippen LogP contribution in [0.3, 0.4) is 0 Å². The smallest absolute Gasteiger partial charge is 0.190 e. The standard InChI is InChI=1S/C21H23BrN2O2S/c1-14(2)12-24-18(15-9-10-19(25-3)16(22)11-15)13-27-21(24)23-17-7-5-6-8-20(17)26-4/h5-11,13-14H,12H2,1-4H3. The van der Waals surface area contributed by atoms with E-state index in [1.165, 1.54) is 0 Å². The molecule has 6 heteroatoms. The van der Waals surface area contributed by atoms with Gasteiger partial charge in [0.15, 0.2) is 4.80 Å². The molecule has 0 aliphatic carbocycles. The summed E-state index contributed by atoms with van der Waals surface area (Å²) < 4.78 is 14.0. The van der Waals surface area contributed by atoms with E-state index in [2.05, 4.69) is 51.9 Å². The average molecular weight is 447 g/mol. The molecule has 0 N–H and O–H groups in total. The predicted molar refractivity (Wildman–Crippen MR) is 115 cm³/mol. The van der Waals surface area contributed by atoms with Gasteiger partial charge in [0.1, 0.15) is 17.2 Å². The van der Waals surface area contributed by atoms with Crippen LogP contribution in [-0.4, -0.2) is 18.8 Å². The fourth-order valence-corrected chi connectivity index (χ4v) is 4.31. The van der Waals surface area contributed by atoms with Gasteiger partial charge in [-0.3, -0.25) is 0 Å². The van der Waals surface area contributed by atoms with Crippen molar-refractivity contribution in [1.29, 1.82) is 0 Å². The molecule has 27 heavy (non-hydrogen) atoms. The summed E-state index contributed by atoms with van der Waals surface area (Å²) in [5.74, 6) is 2.09. The lowest BCUT2D eigenvalue weighted by molar-refractivity contribution is 0.412.